The van der Waals surface area contributed by atoms with Crippen LogP contribution in [0.3, 0.4) is 0 Å². The monoisotopic (exact) mass is 232 g/mol. The molecule has 0 aromatic carbocycles. The number of aromatic nitrogens is 2. The van der Waals surface area contributed by atoms with Crippen LogP contribution in [0.25, 0.3) is 0 Å². The van der Waals surface area contributed by atoms with Gasteiger partial charge in [0, 0.05) is 39.1 Å². The van der Waals surface area contributed by atoms with Crippen molar-refractivity contribution in [3.05, 3.63) is 29.2 Å². The Morgan fingerprint density at radius 1 is 1.41 bits per heavy atom. The third-order valence-corrected chi connectivity index (χ3v) is 2.67. The van der Waals surface area contributed by atoms with Gasteiger partial charge in [-0.05, 0) is 12.8 Å². The lowest BCUT2D eigenvalue weighted by Gasteiger charge is -2.18. The van der Waals surface area contributed by atoms with E-state index in [1.807, 2.05) is 25.2 Å². The lowest BCUT2D eigenvalue weighted by Crippen LogP contribution is -2.19. The fraction of sp³-hybridized carbons (Fsp3) is 0.417. The number of allylic oxidation sites excluding steroid dienone is 1. The number of nitrogens with zero attached hydrogens (tertiary/aromatic N) is 3. The van der Waals surface area contributed by atoms with Crippen LogP contribution < -0.4 is 5.32 Å². The highest BCUT2D eigenvalue weighted by atomic mass is 16.1. The Kier molecular flexibility index (Phi) is 3.08. The maximum Gasteiger partial charge on any atom is 0.222 e. The predicted molar refractivity (Wildman–Crippen MR) is 66.0 cm³/mol. The summed E-state index contributed by atoms with van der Waals surface area (Å²) in [5.74, 6) is 0.610. The van der Waals surface area contributed by atoms with Crippen molar-refractivity contribution in [2.24, 2.45) is 0 Å². The molecule has 0 fully saturated rings. The molecule has 2 rings (SSSR count). The number of Topliss-reactive ketones (excluding diaryl/α,β-unsaturated/α-hetero) is 1. The molecule has 0 spiro atoms. The van der Waals surface area contributed by atoms with Crippen molar-refractivity contribution in [1.82, 2.24) is 14.9 Å². The summed E-state index contributed by atoms with van der Waals surface area (Å²) in [5.41, 5.74) is 2.29. The third kappa shape index (κ3) is 2.27. The van der Waals surface area contributed by atoms with Crippen LogP contribution in [-0.2, 0) is 6.42 Å². The lowest BCUT2D eigenvalue weighted by molar-refractivity contribution is 0.102. The standard InChI is InChI=1S/C12H16N4O/c1-13-12-14-6-9-10(15-12)5-4-8(11(9)17)7-16(2)3/h6-7H,4-5H2,1-3H3,(H,13,14,15). The second kappa shape index (κ2) is 4.53. The van der Waals surface area contributed by atoms with Gasteiger partial charge < -0.3 is 10.2 Å². The second-order valence-electron chi connectivity index (χ2n) is 4.25. The molecule has 90 valence electrons. The summed E-state index contributed by atoms with van der Waals surface area (Å²) in [6.07, 6.45) is 5.01. The second-order valence-corrected chi connectivity index (χ2v) is 4.25. The number of ketones is 1. The topological polar surface area (TPSA) is 58.1 Å². The Morgan fingerprint density at radius 3 is 2.82 bits per heavy atom. The van der Waals surface area contributed by atoms with Gasteiger partial charge in [0.05, 0.1) is 11.3 Å². The minimum Gasteiger partial charge on any atom is -0.383 e. The Balaban J connectivity index is 2.37. The number of nitrogens with one attached hydrogen (secondary N) is 1. The Labute approximate surface area is 101 Å². The van der Waals surface area contributed by atoms with Crippen LogP contribution in [0, 0.1) is 0 Å². The van der Waals surface area contributed by atoms with E-state index < -0.39 is 0 Å². The van der Waals surface area contributed by atoms with Gasteiger partial charge in [0.15, 0.2) is 5.78 Å². The van der Waals surface area contributed by atoms with Gasteiger partial charge in [0.2, 0.25) is 5.95 Å². The van der Waals surface area contributed by atoms with E-state index in [4.69, 9.17) is 0 Å². The molecule has 1 aromatic heterocycles. The number of hydrogen-bond donors (Lipinski definition) is 1. The summed E-state index contributed by atoms with van der Waals surface area (Å²) in [6.45, 7) is 0. The third-order valence-electron chi connectivity index (χ3n) is 2.67. The number of rotatable bonds is 2. The van der Waals surface area contributed by atoms with Crippen LogP contribution in [-0.4, -0.2) is 41.8 Å². The molecule has 5 heteroatoms. The fourth-order valence-electron chi connectivity index (χ4n) is 1.89. The first kappa shape index (κ1) is 11.6. The Bertz CT molecular complexity index is 479. The molecule has 1 aromatic rings. The molecule has 5 nitrogen and oxygen atoms in total. The van der Waals surface area contributed by atoms with Crippen LogP contribution >= 0.6 is 0 Å². The van der Waals surface area contributed by atoms with Gasteiger partial charge in [0.1, 0.15) is 0 Å². The SMILES string of the molecule is CNc1ncc2c(n1)CCC(=CN(C)C)C2=O. The van der Waals surface area contributed by atoms with Crippen LogP contribution in [0.15, 0.2) is 18.0 Å². The van der Waals surface area contributed by atoms with E-state index in [9.17, 15) is 4.79 Å². The molecular weight excluding hydrogens is 216 g/mol. The molecule has 0 atom stereocenters. The quantitative estimate of drug-likeness (QED) is 0.774. The van der Waals surface area contributed by atoms with Crippen molar-refractivity contribution in [2.45, 2.75) is 12.8 Å². The van der Waals surface area contributed by atoms with Crippen molar-refractivity contribution in [2.75, 3.05) is 26.5 Å². The molecule has 1 aliphatic carbocycles. The molecule has 0 bridgehead atoms. The first-order chi connectivity index (χ1) is 8.11. The smallest absolute Gasteiger partial charge is 0.222 e. The summed E-state index contributed by atoms with van der Waals surface area (Å²) in [7, 11) is 5.59. The number of carbonyl (C=O) groups excluding carboxylic acids is 1. The van der Waals surface area contributed by atoms with Crippen LogP contribution in [0.2, 0.25) is 0 Å². The minimum absolute atomic E-state index is 0.0441. The molecule has 0 unspecified atom stereocenters. The average Bonchev–Trinajstić information content (AvgIpc) is 2.32. The summed E-state index contributed by atoms with van der Waals surface area (Å²) in [5, 5.41) is 2.88. The van der Waals surface area contributed by atoms with E-state index in [1.165, 1.54) is 0 Å². The molecule has 0 amide bonds. The summed E-state index contributed by atoms with van der Waals surface area (Å²) >= 11 is 0. The highest BCUT2D eigenvalue weighted by molar-refractivity contribution is 6.10. The van der Waals surface area contributed by atoms with Crippen molar-refractivity contribution in [3.63, 3.8) is 0 Å². The maximum absolute atomic E-state index is 12.2. The molecule has 1 heterocycles. The number of anilines is 1. The Morgan fingerprint density at radius 2 is 2.18 bits per heavy atom. The van der Waals surface area contributed by atoms with Crippen molar-refractivity contribution in [3.8, 4) is 0 Å². The van der Waals surface area contributed by atoms with E-state index >= 15 is 0 Å². The number of hydrogen-bond acceptors (Lipinski definition) is 5. The van der Waals surface area contributed by atoms with Crippen molar-refractivity contribution in [1.29, 1.82) is 0 Å². The van der Waals surface area contributed by atoms with Crippen LogP contribution in [0.4, 0.5) is 5.95 Å². The zero-order chi connectivity index (χ0) is 12.4. The van der Waals surface area contributed by atoms with Gasteiger partial charge >= 0.3 is 0 Å². The van der Waals surface area contributed by atoms with Gasteiger partial charge in [-0.25, -0.2) is 9.97 Å². The van der Waals surface area contributed by atoms with Crippen LogP contribution in [0.5, 0.6) is 0 Å². The number of aryl methyl sites for hydroxylation is 1. The summed E-state index contributed by atoms with van der Waals surface area (Å²) in [4.78, 5) is 22.4. The van der Waals surface area contributed by atoms with Crippen molar-refractivity contribution < 1.29 is 4.79 Å². The zero-order valence-corrected chi connectivity index (χ0v) is 10.3. The first-order valence-corrected chi connectivity index (χ1v) is 5.57. The van der Waals surface area contributed by atoms with E-state index in [0.717, 1.165) is 24.1 Å². The molecular formula is C12H16N4O. The van der Waals surface area contributed by atoms with Gasteiger partial charge in [-0.1, -0.05) is 0 Å². The molecule has 1 N–H and O–H groups in total. The largest absolute Gasteiger partial charge is 0.383 e. The predicted octanol–water partition coefficient (Wildman–Crippen LogP) is 1.09. The van der Waals surface area contributed by atoms with E-state index in [2.05, 4.69) is 15.3 Å². The summed E-state index contributed by atoms with van der Waals surface area (Å²) in [6, 6.07) is 0. The molecule has 0 aliphatic heterocycles. The highest BCUT2D eigenvalue weighted by Gasteiger charge is 2.23. The number of fused-ring (bicyclic) bond motifs is 1. The molecule has 1 aliphatic rings. The summed E-state index contributed by atoms with van der Waals surface area (Å²) < 4.78 is 0. The van der Waals surface area contributed by atoms with E-state index in [-0.39, 0.29) is 5.78 Å². The molecule has 0 radical (unpaired) electrons. The number of carbonyl (C=O) groups is 1. The molecule has 0 saturated heterocycles. The first-order valence-electron chi connectivity index (χ1n) is 5.57. The normalized spacial score (nSPS) is 16.9. The van der Waals surface area contributed by atoms with E-state index in [1.54, 1.807) is 13.2 Å². The zero-order valence-electron chi connectivity index (χ0n) is 10.3. The van der Waals surface area contributed by atoms with E-state index in [0.29, 0.717) is 11.5 Å². The van der Waals surface area contributed by atoms with Crippen molar-refractivity contribution >= 4 is 11.7 Å². The van der Waals surface area contributed by atoms with Gasteiger partial charge in [-0.15, -0.1) is 0 Å². The van der Waals surface area contributed by atoms with Gasteiger partial charge in [0.25, 0.3) is 0 Å². The fourth-order valence-corrected chi connectivity index (χ4v) is 1.89. The molecule has 17 heavy (non-hydrogen) atoms. The Hall–Kier alpha value is -1.91. The van der Waals surface area contributed by atoms with Gasteiger partial charge in [-0.3, -0.25) is 4.79 Å². The average molecular weight is 232 g/mol. The van der Waals surface area contributed by atoms with Gasteiger partial charge in [-0.2, -0.15) is 0 Å². The lowest BCUT2D eigenvalue weighted by atomic mass is 9.91. The van der Waals surface area contributed by atoms with Crippen LogP contribution in [0.1, 0.15) is 22.5 Å². The highest BCUT2D eigenvalue weighted by Crippen LogP contribution is 2.24. The molecule has 0 saturated carbocycles. The maximum atomic E-state index is 12.2. The minimum atomic E-state index is 0.0441.